The van der Waals surface area contributed by atoms with E-state index in [9.17, 15) is 19.2 Å². The minimum atomic E-state index is -0.800. The lowest BCUT2D eigenvalue weighted by Gasteiger charge is -2.28. The average molecular weight is 435 g/mol. The van der Waals surface area contributed by atoms with Gasteiger partial charge in [0.1, 0.15) is 19.4 Å². The third-order valence-electron chi connectivity index (χ3n) is 4.52. The number of tetrazole rings is 1. The predicted octanol–water partition coefficient (Wildman–Crippen LogP) is 0.454. The zero-order valence-corrected chi connectivity index (χ0v) is 16.6. The molecular formula is C20H17N7O5. The number of nitrogens with one attached hydrogen (secondary N) is 2. The van der Waals surface area contributed by atoms with Gasteiger partial charge >= 0.3 is 5.97 Å². The number of carbonyl (C=O) groups excluding carboxylic acids is 4. The van der Waals surface area contributed by atoms with Crippen molar-refractivity contribution in [1.82, 2.24) is 20.2 Å². The van der Waals surface area contributed by atoms with Gasteiger partial charge in [-0.05, 0) is 34.7 Å². The third-order valence-corrected chi connectivity index (χ3v) is 4.52. The predicted molar refractivity (Wildman–Crippen MR) is 111 cm³/mol. The molecule has 3 aromatic rings. The number of aromatic nitrogens is 4. The van der Waals surface area contributed by atoms with Crippen LogP contribution < -0.4 is 15.5 Å². The van der Waals surface area contributed by atoms with Crippen molar-refractivity contribution in [1.29, 1.82) is 0 Å². The summed E-state index contributed by atoms with van der Waals surface area (Å²) >= 11 is 0. The molecule has 0 fully saturated rings. The molecular weight excluding hydrogens is 418 g/mol. The number of rotatable bonds is 6. The van der Waals surface area contributed by atoms with E-state index >= 15 is 0 Å². The molecule has 4 rings (SSSR count). The number of hydrogen-bond acceptors (Lipinski definition) is 8. The Morgan fingerprint density at radius 3 is 2.69 bits per heavy atom. The van der Waals surface area contributed by atoms with Crippen molar-refractivity contribution in [2.45, 2.75) is 6.54 Å². The number of benzene rings is 2. The quantitative estimate of drug-likeness (QED) is 0.530. The summed E-state index contributed by atoms with van der Waals surface area (Å²) in [5, 5.41) is 15.8. The maximum atomic E-state index is 12.7. The molecule has 2 N–H and O–H groups in total. The van der Waals surface area contributed by atoms with E-state index in [1.165, 1.54) is 28.0 Å². The van der Waals surface area contributed by atoms with Gasteiger partial charge in [-0.15, -0.1) is 5.10 Å². The highest BCUT2D eigenvalue weighted by atomic mass is 16.5. The number of para-hydroxylation sites is 3. The molecule has 32 heavy (non-hydrogen) atoms. The Bertz CT molecular complexity index is 1180. The van der Waals surface area contributed by atoms with Gasteiger partial charge in [0.2, 0.25) is 11.8 Å². The highest BCUT2D eigenvalue weighted by Gasteiger charge is 2.27. The van der Waals surface area contributed by atoms with E-state index in [2.05, 4.69) is 26.2 Å². The van der Waals surface area contributed by atoms with E-state index in [0.717, 1.165) is 0 Å². The molecule has 2 aromatic carbocycles. The lowest BCUT2D eigenvalue weighted by Crippen LogP contribution is -2.44. The molecule has 0 bridgehead atoms. The first kappa shape index (κ1) is 20.7. The van der Waals surface area contributed by atoms with Gasteiger partial charge in [-0.3, -0.25) is 19.3 Å². The van der Waals surface area contributed by atoms with E-state index in [4.69, 9.17) is 4.74 Å². The van der Waals surface area contributed by atoms with Gasteiger partial charge in [-0.2, -0.15) is 0 Å². The van der Waals surface area contributed by atoms with Gasteiger partial charge in [0, 0.05) is 0 Å². The van der Waals surface area contributed by atoms with E-state index in [1.54, 1.807) is 36.4 Å². The fourth-order valence-electron chi connectivity index (χ4n) is 3.10. The summed E-state index contributed by atoms with van der Waals surface area (Å²) in [6, 6.07) is 13.0. The summed E-state index contributed by atoms with van der Waals surface area (Å²) in [5.74, 6) is -2.16. The van der Waals surface area contributed by atoms with Gasteiger partial charge in [-0.25, -0.2) is 9.48 Å². The summed E-state index contributed by atoms with van der Waals surface area (Å²) < 4.78 is 6.39. The molecule has 0 radical (unpaired) electrons. The molecule has 0 aliphatic carbocycles. The van der Waals surface area contributed by atoms with Crippen LogP contribution in [0, 0.1) is 0 Å². The number of fused-ring (bicyclic) bond motifs is 1. The molecule has 0 unspecified atom stereocenters. The minimum absolute atomic E-state index is 0.0714. The van der Waals surface area contributed by atoms with Crippen LogP contribution in [0.2, 0.25) is 0 Å². The summed E-state index contributed by atoms with van der Waals surface area (Å²) in [6.07, 6.45) is 1.28. The number of nitrogens with zero attached hydrogens (tertiary/aromatic N) is 5. The van der Waals surface area contributed by atoms with Crippen LogP contribution in [0.1, 0.15) is 10.4 Å². The van der Waals surface area contributed by atoms with Crippen LogP contribution in [0.4, 0.5) is 17.1 Å². The number of carbonyl (C=O) groups is 4. The lowest BCUT2D eigenvalue weighted by atomic mass is 10.1. The van der Waals surface area contributed by atoms with Crippen LogP contribution >= 0.6 is 0 Å². The highest BCUT2D eigenvalue weighted by Crippen LogP contribution is 2.29. The SMILES string of the molecule is O=C(Cn1cnnn1)Nc1ccccc1C(=O)OCC(=O)N1CC(=O)Nc2ccccc21. The Hall–Kier alpha value is -4.61. The Morgan fingerprint density at radius 2 is 1.88 bits per heavy atom. The second-order valence-corrected chi connectivity index (χ2v) is 6.72. The van der Waals surface area contributed by atoms with Crippen LogP contribution in [-0.2, 0) is 25.7 Å². The van der Waals surface area contributed by atoms with E-state index < -0.39 is 24.4 Å². The van der Waals surface area contributed by atoms with Crippen LogP contribution in [-0.4, -0.2) is 57.0 Å². The zero-order chi connectivity index (χ0) is 22.5. The Balaban J connectivity index is 1.41. The van der Waals surface area contributed by atoms with Crippen molar-refractivity contribution >= 4 is 40.8 Å². The maximum Gasteiger partial charge on any atom is 0.340 e. The number of esters is 1. The molecule has 0 spiro atoms. The Kier molecular flexibility index (Phi) is 5.83. The highest BCUT2D eigenvalue weighted by molar-refractivity contribution is 6.10. The van der Waals surface area contributed by atoms with E-state index in [1.807, 2.05) is 0 Å². The molecule has 1 aromatic heterocycles. The van der Waals surface area contributed by atoms with Gasteiger partial charge in [-0.1, -0.05) is 24.3 Å². The average Bonchev–Trinajstić information content (AvgIpc) is 3.29. The molecule has 0 atom stereocenters. The van der Waals surface area contributed by atoms with Crippen molar-refractivity contribution in [2.24, 2.45) is 0 Å². The zero-order valence-electron chi connectivity index (χ0n) is 16.6. The van der Waals surface area contributed by atoms with Crippen LogP contribution in [0.15, 0.2) is 54.9 Å². The van der Waals surface area contributed by atoms with Gasteiger partial charge in [0.05, 0.1) is 22.6 Å². The van der Waals surface area contributed by atoms with E-state index in [0.29, 0.717) is 11.4 Å². The minimum Gasteiger partial charge on any atom is -0.452 e. The molecule has 3 amide bonds. The number of anilines is 3. The Morgan fingerprint density at radius 1 is 1.09 bits per heavy atom. The van der Waals surface area contributed by atoms with Crippen molar-refractivity contribution in [3.8, 4) is 0 Å². The second kappa shape index (κ2) is 9.04. The monoisotopic (exact) mass is 435 g/mol. The summed E-state index contributed by atoms with van der Waals surface area (Å²) in [5.41, 5.74) is 1.30. The molecule has 162 valence electrons. The molecule has 1 aliphatic rings. The molecule has 0 saturated heterocycles. The van der Waals surface area contributed by atoms with Crippen LogP contribution in [0.3, 0.4) is 0 Å². The van der Waals surface area contributed by atoms with Gasteiger partial charge < -0.3 is 15.4 Å². The van der Waals surface area contributed by atoms with Gasteiger partial charge in [0.25, 0.3) is 5.91 Å². The standard InChI is InChI=1S/C20H17N7O5/c28-17(9-26-12-21-24-25-26)22-14-6-2-1-5-13(14)20(31)32-11-19(30)27-10-18(29)23-15-7-3-4-8-16(15)27/h1-8,12H,9-11H2,(H,22,28)(H,23,29). The summed E-state index contributed by atoms with van der Waals surface area (Å²) in [7, 11) is 0. The maximum absolute atomic E-state index is 12.7. The first-order valence-electron chi connectivity index (χ1n) is 9.47. The second-order valence-electron chi connectivity index (χ2n) is 6.72. The first-order chi connectivity index (χ1) is 15.5. The number of amides is 3. The third kappa shape index (κ3) is 4.59. The smallest absolute Gasteiger partial charge is 0.340 e. The van der Waals surface area contributed by atoms with Gasteiger partial charge in [0.15, 0.2) is 6.61 Å². The summed E-state index contributed by atoms with van der Waals surface area (Å²) in [4.78, 5) is 50.6. The molecule has 0 saturated carbocycles. The van der Waals surface area contributed by atoms with Crippen molar-refractivity contribution < 1.29 is 23.9 Å². The van der Waals surface area contributed by atoms with Crippen molar-refractivity contribution in [3.63, 3.8) is 0 Å². The fraction of sp³-hybridized carbons (Fsp3) is 0.150. The number of ether oxygens (including phenoxy) is 1. The van der Waals surface area contributed by atoms with Crippen LogP contribution in [0.5, 0.6) is 0 Å². The first-order valence-corrected chi connectivity index (χ1v) is 9.47. The number of hydrogen-bond donors (Lipinski definition) is 2. The largest absolute Gasteiger partial charge is 0.452 e. The topological polar surface area (TPSA) is 148 Å². The summed E-state index contributed by atoms with van der Waals surface area (Å²) in [6.45, 7) is -0.907. The normalized spacial score (nSPS) is 12.5. The van der Waals surface area contributed by atoms with Crippen molar-refractivity contribution in [3.05, 3.63) is 60.4 Å². The van der Waals surface area contributed by atoms with E-state index in [-0.39, 0.29) is 30.2 Å². The molecule has 1 aliphatic heterocycles. The van der Waals surface area contributed by atoms with Crippen LogP contribution in [0.25, 0.3) is 0 Å². The lowest BCUT2D eigenvalue weighted by molar-refractivity contribution is -0.124. The van der Waals surface area contributed by atoms with Crippen molar-refractivity contribution in [2.75, 3.05) is 28.7 Å². The molecule has 12 nitrogen and oxygen atoms in total. The molecule has 2 heterocycles. The Labute approximate surface area is 181 Å². The molecule has 12 heteroatoms. The fourth-order valence-corrected chi connectivity index (χ4v) is 3.10.